The molecule has 0 aliphatic heterocycles. The van der Waals surface area contributed by atoms with Crippen LogP contribution in [0.4, 0.5) is 0 Å². The maximum atomic E-state index is 5.48. The molecule has 0 spiro atoms. The summed E-state index contributed by atoms with van der Waals surface area (Å²) in [5.41, 5.74) is 7.26. The summed E-state index contributed by atoms with van der Waals surface area (Å²) in [5.74, 6) is 1.31. The van der Waals surface area contributed by atoms with Crippen LogP contribution in [0.25, 0.3) is 33.3 Å². The van der Waals surface area contributed by atoms with Crippen molar-refractivity contribution in [2.24, 2.45) is 0 Å². The lowest BCUT2D eigenvalue weighted by Crippen LogP contribution is -1.97. The number of aromatic nitrogens is 2. The first-order valence-corrected chi connectivity index (χ1v) is 9.65. The molecule has 1 aliphatic carbocycles. The first-order chi connectivity index (χ1) is 13.8. The van der Waals surface area contributed by atoms with Gasteiger partial charge in [-0.25, -0.2) is 9.97 Å². The van der Waals surface area contributed by atoms with Gasteiger partial charge in [0.2, 0.25) is 0 Å². The number of fused-ring (bicyclic) bond motifs is 3. The summed E-state index contributed by atoms with van der Waals surface area (Å²) < 4.78 is 5.48. The second-order valence-electron chi connectivity index (χ2n) is 7.56. The van der Waals surface area contributed by atoms with Crippen LogP contribution in [0.1, 0.15) is 22.6 Å². The quantitative estimate of drug-likeness (QED) is 0.391. The summed E-state index contributed by atoms with van der Waals surface area (Å²) in [6, 6.07) is 23.4. The van der Waals surface area contributed by atoms with Gasteiger partial charge in [-0.15, -0.1) is 0 Å². The predicted molar refractivity (Wildman–Crippen MR) is 111 cm³/mol. The Balaban J connectivity index is 1.34. The molecule has 134 valence electrons. The molecule has 0 fully saturated rings. The molecule has 6 rings (SSSR count). The van der Waals surface area contributed by atoms with Crippen LogP contribution in [0.5, 0.6) is 0 Å². The summed E-state index contributed by atoms with van der Waals surface area (Å²) in [4.78, 5) is 9.34. The van der Waals surface area contributed by atoms with Gasteiger partial charge in [-0.2, -0.15) is 0 Å². The fourth-order valence-electron chi connectivity index (χ4n) is 4.34. The number of rotatable bonds is 2. The SMILES string of the molecule is c1ccc2nc(-c3ccc4c(c3)CC(c3ccc5occc5c3)C4)ncc2c1. The molecule has 0 bridgehead atoms. The van der Waals surface area contributed by atoms with Crippen molar-refractivity contribution in [3.63, 3.8) is 0 Å². The highest BCUT2D eigenvalue weighted by atomic mass is 16.3. The van der Waals surface area contributed by atoms with E-state index in [4.69, 9.17) is 9.40 Å². The van der Waals surface area contributed by atoms with Gasteiger partial charge in [0.05, 0.1) is 11.8 Å². The molecule has 3 nitrogen and oxygen atoms in total. The molecule has 28 heavy (non-hydrogen) atoms. The second-order valence-corrected chi connectivity index (χ2v) is 7.56. The highest BCUT2D eigenvalue weighted by Crippen LogP contribution is 2.37. The maximum Gasteiger partial charge on any atom is 0.159 e. The summed E-state index contributed by atoms with van der Waals surface area (Å²) >= 11 is 0. The molecule has 0 amide bonds. The molecule has 1 aliphatic rings. The minimum atomic E-state index is 0.516. The van der Waals surface area contributed by atoms with E-state index in [-0.39, 0.29) is 0 Å². The summed E-state index contributed by atoms with van der Waals surface area (Å²) in [6.45, 7) is 0. The van der Waals surface area contributed by atoms with E-state index >= 15 is 0 Å². The van der Waals surface area contributed by atoms with Gasteiger partial charge in [0.25, 0.3) is 0 Å². The van der Waals surface area contributed by atoms with Crippen LogP contribution in [0.3, 0.4) is 0 Å². The van der Waals surface area contributed by atoms with E-state index in [0.717, 1.165) is 40.7 Å². The Hall–Kier alpha value is -3.46. The van der Waals surface area contributed by atoms with Crippen LogP contribution >= 0.6 is 0 Å². The van der Waals surface area contributed by atoms with Crippen molar-refractivity contribution in [1.29, 1.82) is 0 Å². The standard InChI is InChI=1S/C25H18N2O/c1-2-4-23-20(3-1)15-26-25(27-23)19-6-5-16-12-21(14-22(16)13-19)17-7-8-24-18(11-17)9-10-28-24/h1-11,13,15,21H,12,14H2. The molecule has 3 heteroatoms. The third-order valence-corrected chi connectivity index (χ3v) is 5.83. The van der Waals surface area contributed by atoms with E-state index < -0.39 is 0 Å². The average molecular weight is 362 g/mol. The van der Waals surface area contributed by atoms with Crippen LogP contribution in [0.2, 0.25) is 0 Å². The minimum absolute atomic E-state index is 0.516. The first-order valence-electron chi connectivity index (χ1n) is 9.65. The minimum Gasteiger partial charge on any atom is -0.464 e. The third kappa shape index (κ3) is 2.51. The fraction of sp³-hybridized carbons (Fsp3) is 0.120. The number of nitrogens with zero attached hydrogens (tertiary/aromatic N) is 2. The number of para-hydroxylation sites is 1. The zero-order chi connectivity index (χ0) is 18.5. The number of hydrogen-bond acceptors (Lipinski definition) is 3. The van der Waals surface area contributed by atoms with Crippen LogP contribution in [0, 0.1) is 0 Å². The van der Waals surface area contributed by atoms with E-state index in [1.54, 1.807) is 6.26 Å². The molecule has 2 aromatic heterocycles. The van der Waals surface area contributed by atoms with Gasteiger partial charge in [-0.3, -0.25) is 0 Å². The van der Waals surface area contributed by atoms with Crippen LogP contribution < -0.4 is 0 Å². The fourth-order valence-corrected chi connectivity index (χ4v) is 4.34. The lowest BCUT2D eigenvalue weighted by molar-refractivity contribution is 0.615. The molecule has 1 atom stereocenters. The van der Waals surface area contributed by atoms with Crippen LogP contribution in [-0.2, 0) is 12.8 Å². The van der Waals surface area contributed by atoms with E-state index in [9.17, 15) is 0 Å². The average Bonchev–Trinajstić information content (AvgIpc) is 3.39. The Labute approximate surface area is 162 Å². The number of benzene rings is 3. The van der Waals surface area contributed by atoms with E-state index in [1.165, 1.54) is 22.1 Å². The smallest absolute Gasteiger partial charge is 0.159 e. The summed E-state index contributed by atoms with van der Waals surface area (Å²) in [6.07, 6.45) is 5.80. The summed E-state index contributed by atoms with van der Waals surface area (Å²) in [7, 11) is 0. The first kappa shape index (κ1) is 15.6. The highest BCUT2D eigenvalue weighted by Gasteiger charge is 2.24. The van der Waals surface area contributed by atoms with Crippen LogP contribution in [-0.4, -0.2) is 9.97 Å². The Morgan fingerprint density at radius 1 is 0.821 bits per heavy atom. The number of hydrogen-bond donors (Lipinski definition) is 0. The van der Waals surface area contributed by atoms with Crippen molar-refractivity contribution in [2.75, 3.05) is 0 Å². The highest BCUT2D eigenvalue weighted by molar-refractivity contribution is 5.80. The van der Waals surface area contributed by atoms with Gasteiger partial charge in [0.15, 0.2) is 5.82 Å². The monoisotopic (exact) mass is 362 g/mol. The van der Waals surface area contributed by atoms with Gasteiger partial charge in [-0.1, -0.05) is 36.4 Å². The molecular weight excluding hydrogens is 344 g/mol. The lowest BCUT2D eigenvalue weighted by atomic mass is 9.95. The lowest BCUT2D eigenvalue weighted by Gasteiger charge is -2.09. The van der Waals surface area contributed by atoms with E-state index in [1.807, 2.05) is 36.5 Å². The Kier molecular flexibility index (Phi) is 3.36. The van der Waals surface area contributed by atoms with Gasteiger partial charge in [0.1, 0.15) is 5.58 Å². The largest absolute Gasteiger partial charge is 0.464 e. The molecular formula is C25H18N2O. The molecule has 5 aromatic rings. The Bertz CT molecular complexity index is 1330. The molecule has 0 radical (unpaired) electrons. The Morgan fingerprint density at radius 3 is 2.75 bits per heavy atom. The Morgan fingerprint density at radius 2 is 1.75 bits per heavy atom. The molecule has 2 heterocycles. The van der Waals surface area contributed by atoms with Gasteiger partial charge in [-0.05, 0) is 65.8 Å². The zero-order valence-electron chi connectivity index (χ0n) is 15.3. The van der Waals surface area contributed by atoms with Gasteiger partial charge < -0.3 is 4.42 Å². The van der Waals surface area contributed by atoms with Crippen molar-refractivity contribution in [1.82, 2.24) is 9.97 Å². The van der Waals surface area contributed by atoms with Crippen molar-refractivity contribution < 1.29 is 4.42 Å². The zero-order valence-corrected chi connectivity index (χ0v) is 15.3. The maximum absolute atomic E-state index is 5.48. The summed E-state index contributed by atoms with van der Waals surface area (Å²) in [5, 5.41) is 2.25. The van der Waals surface area contributed by atoms with E-state index in [2.05, 4.69) is 41.4 Å². The van der Waals surface area contributed by atoms with Crippen molar-refractivity contribution in [3.05, 3.63) is 95.9 Å². The third-order valence-electron chi connectivity index (χ3n) is 5.83. The molecule has 1 unspecified atom stereocenters. The van der Waals surface area contributed by atoms with Gasteiger partial charge in [0, 0.05) is 22.5 Å². The molecule has 3 aromatic carbocycles. The second kappa shape index (κ2) is 6.03. The van der Waals surface area contributed by atoms with Crippen molar-refractivity contribution in [3.8, 4) is 11.4 Å². The molecule has 0 N–H and O–H groups in total. The number of furan rings is 1. The molecule has 0 saturated carbocycles. The van der Waals surface area contributed by atoms with Crippen molar-refractivity contribution in [2.45, 2.75) is 18.8 Å². The topological polar surface area (TPSA) is 38.9 Å². The normalized spacial score (nSPS) is 15.9. The van der Waals surface area contributed by atoms with Crippen molar-refractivity contribution >= 4 is 21.9 Å². The van der Waals surface area contributed by atoms with E-state index in [0.29, 0.717) is 5.92 Å². The van der Waals surface area contributed by atoms with Gasteiger partial charge >= 0.3 is 0 Å². The van der Waals surface area contributed by atoms with Crippen LogP contribution in [0.15, 0.2) is 83.6 Å². The molecule has 0 saturated heterocycles. The predicted octanol–water partition coefficient (Wildman–Crippen LogP) is 5.93.